The topological polar surface area (TPSA) is 47.6 Å². The van der Waals surface area contributed by atoms with Crippen molar-refractivity contribution in [2.45, 2.75) is 52.7 Å². The summed E-state index contributed by atoms with van der Waals surface area (Å²) < 4.78 is 12.4. The number of nitrogens with one attached hydrogen (secondary N) is 1. The van der Waals surface area contributed by atoms with Gasteiger partial charge in [-0.1, -0.05) is 32.0 Å². The van der Waals surface area contributed by atoms with Crippen LogP contribution in [0, 0.1) is 5.92 Å². The third-order valence-electron chi connectivity index (χ3n) is 5.09. The Hall–Kier alpha value is -1.59. The number of rotatable bonds is 2. The van der Waals surface area contributed by atoms with Gasteiger partial charge in [-0.15, -0.1) is 0 Å². The highest BCUT2D eigenvalue weighted by Gasteiger charge is 2.54. The minimum atomic E-state index is -0.507. The van der Waals surface area contributed by atoms with Crippen LogP contribution in [0.4, 0.5) is 5.69 Å². The second-order valence-electron chi connectivity index (χ2n) is 7.57. The van der Waals surface area contributed by atoms with Gasteiger partial charge in [0.2, 0.25) is 0 Å². The van der Waals surface area contributed by atoms with Crippen LogP contribution in [0.25, 0.3) is 5.57 Å². The van der Waals surface area contributed by atoms with E-state index >= 15 is 0 Å². The number of carbonyl (C=O) groups is 1. The normalized spacial score (nSPS) is 24.0. The van der Waals surface area contributed by atoms with Gasteiger partial charge in [0.25, 0.3) is 5.91 Å². The van der Waals surface area contributed by atoms with E-state index in [1.54, 1.807) is 0 Å². The lowest BCUT2D eigenvalue weighted by molar-refractivity contribution is -0.110. The van der Waals surface area contributed by atoms with Crippen molar-refractivity contribution in [2.75, 3.05) is 5.32 Å². The fraction of sp³-hybridized carbons (Fsp3) is 0.500. The van der Waals surface area contributed by atoms with Crippen LogP contribution in [-0.4, -0.2) is 24.2 Å². The molecule has 2 aliphatic rings. The molecule has 23 heavy (non-hydrogen) atoms. The number of hydrogen-bond acceptors (Lipinski definition) is 3. The van der Waals surface area contributed by atoms with Crippen molar-refractivity contribution in [3.63, 3.8) is 0 Å². The van der Waals surface area contributed by atoms with Crippen molar-refractivity contribution in [1.29, 1.82) is 0 Å². The molecule has 2 aliphatic heterocycles. The lowest BCUT2D eigenvalue weighted by atomic mass is 9.68. The summed E-state index contributed by atoms with van der Waals surface area (Å²) in [6.45, 7) is 12.2. The molecule has 122 valence electrons. The molecule has 1 N–H and O–H groups in total. The zero-order chi connectivity index (χ0) is 17.0. The van der Waals surface area contributed by atoms with E-state index in [-0.39, 0.29) is 11.8 Å². The Kier molecular flexibility index (Phi) is 3.69. The van der Waals surface area contributed by atoms with Crippen molar-refractivity contribution in [3.8, 4) is 0 Å². The summed E-state index contributed by atoms with van der Waals surface area (Å²) in [4.78, 5) is 12.6. The van der Waals surface area contributed by atoms with Crippen LogP contribution in [0.15, 0.2) is 29.7 Å². The van der Waals surface area contributed by atoms with Gasteiger partial charge in [-0.2, -0.15) is 0 Å². The summed E-state index contributed by atoms with van der Waals surface area (Å²) >= 11 is 0. The standard InChI is InChI=1S/C18H24BNO3/c1-11(2)15(19-22-17(3,4)18(5,6)23-19)14-12-9-7-8-10-13(12)20-16(14)21/h7-11H,1-6H3,(H,20,21)/b15-14-. The van der Waals surface area contributed by atoms with E-state index in [2.05, 4.69) is 19.2 Å². The van der Waals surface area contributed by atoms with E-state index in [4.69, 9.17) is 9.31 Å². The minimum Gasteiger partial charge on any atom is -0.400 e. The van der Waals surface area contributed by atoms with Gasteiger partial charge in [-0.3, -0.25) is 4.79 Å². The quantitative estimate of drug-likeness (QED) is 0.669. The van der Waals surface area contributed by atoms with Gasteiger partial charge in [0.1, 0.15) is 0 Å². The van der Waals surface area contributed by atoms with Gasteiger partial charge in [0.15, 0.2) is 0 Å². The molecule has 0 saturated carbocycles. The molecule has 2 heterocycles. The summed E-state index contributed by atoms with van der Waals surface area (Å²) in [6, 6.07) is 7.76. The van der Waals surface area contributed by atoms with Gasteiger partial charge in [-0.25, -0.2) is 0 Å². The highest BCUT2D eigenvalue weighted by molar-refractivity contribution is 6.59. The maximum atomic E-state index is 12.6. The average Bonchev–Trinajstić information content (AvgIpc) is 2.84. The predicted molar refractivity (Wildman–Crippen MR) is 92.9 cm³/mol. The molecule has 1 aromatic carbocycles. The van der Waals surface area contributed by atoms with Crippen molar-refractivity contribution < 1.29 is 14.1 Å². The summed E-state index contributed by atoms with van der Waals surface area (Å²) in [7, 11) is -0.507. The van der Waals surface area contributed by atoms with Gasteiger partial charge >= 0.3 is 7.12 Å². The Morgan fingerprint density at radius 2 is 1.65 bits per heavy atom. The SMILES string of the molecule is CC(C)/C(B1OC(C)(C)C(C)(C)O1)=C1/C(=O)Nc2ccccc21. The number of benzene rings is 1. The van der Waals surface area contributed by atoms with Crippen LogP contribution in [0.1, 0.15) is 47.1 Å². The first-order chi connectivity index (χ1) is 10.6. The fourth-order valence-corrected chi connectivity index (χ4v) is 3.05. The third-order valence-corrected chi connectivity index (χ3v) is 5.09. The Labute approximate surface area is 138 Å². The van der Waals surface area contributed by atoms with E-state index < -0.39 is 18.3 Å². The molecule has 0 unspecified atom stereocenters. The molecular weight excluding hydrogens is 289 g/mol. The molecule has 1 saturated heterocycles. The predicted octanol–water partition coefficient (Wildman–Crippen LogP) is 3.68. The number of amides is 1. The summed E-state index contributed by atoms with van der Waals surface area (Å²) in [6.07, 6.45) is 0. The molecule has 0 aromatic heterocycles. The molecule has 0 spiro atoms. The van der Waals surface area contributed by atoms with Crippen LogP contribution >= 0.6 is 0 Å². The maximum Gasteiger partial charge on any atom is 0.491 e. The number of allylic oxidation sites excluding steroid dienone is 1. The Morgan fingerprint density at radius 1 is 1.09 bits per heavy atom. The van der Waals surface area contributed by atoms with E-state index in [1.165, 1.54) is 0 Å². The zero-order valence-corrected chi connectivity index (χ0v) is 14.7. The molecule has 3 rings (SSSR count). The van der Waals surface area contributed by atoms with Crippen LogP contribution in [-0.2, 0) is 14.1 Å². The van der Waals surface area contributed by atoms with Crippen LogP contribution < -0.4 is 5.32 Å². The molecule has 0 aliphatic carbocycles. The second kappa shape index (κ2) is 5.21. The largest absolute Gasteiger partial charge is 0.491 e. The number of para-hydroxylation sites is 1. The smallest absolute Gasteiger partial charge is 0.400 e. The summed E-state index contributed by atoms with van der Waals surface area (Å²) in [5.74, 6) is 0.0567. The number of anilines is 1. The first kappa shape index (κ1) is 16.3. The molecule has 5 heteroatoms. The zero-order valence-electron chi connectivity index (χ0n) is 14.7. The lowest BCUT2D eigenvalue weighted by Gasteiger charge is -2.32. The molecule has 0 atom stereocenters. The fourth-order valence-electron chi connectivity index (χ4n) is 3.05. The maximum absolute atomic E-state index is 12.6. The molecule has 1 amide bonds. The Balaban J connectivity index is 2.13. The molecule has 1 aromatic rings. The first-order valence-corrected chi connectivity index (χ1v) is 8.14. The highest BCUT2D eigenvalue weighted by Crippen LogP contribution is 2.43. The highest BCUT2D eigenvalue weighted by atomic mass is 16.7. The first-order valence-electron chi connectivity index (χ1n) is 8.14. The van der Waals surface area contributed by atoms with Crippen LogP contribution in [0.5, 0.6) is 0 Å². The van der Waals surface area contributed by atoms with E-state index in [0.717, 1.165) is 16.7 Å². The lowest BCUT2D eigenvalue weighted by Crippen LogP contribution is -2.41. The second-order valence-corrected chi connectivity index (χ2v) is 7.57. The third kappa shape index (κ3) is 2.52. The number of fused-ring (bicyclic) bond motifs is 1. The van der Waals surface area contributed by atoms with Crippen molar-refractivity contribution >= 4 is 24.3 Å². The van der Waals surface area contributed by atoms with E-state index in [0.29, 0.717) is 5.57 Å². The molecule has 0 bridgehead atoms. The monoisotopic (exact) mass is 313 g/mol. The summed E-state index contributed by atoms with van der Waals surface area (Å²) in [5, 5.41) is 2.94. The van der Waals surface area contributed by atoms with Crippen molar-refractivity contribution in [3.05, 3.63) is 35.3 Å². The molecule has 0 radical (unpaired) electrons. The molecular formula is C18H24BNO3. The van der Waals surface area contributed by atoms with Crippen molar-refractivity contribution in [2.24, 2.45) is 5.92 Å². The Morgan fingerprint density at radius 3 is 2.22 bits per heavy atom. The molecule has 1 fully saturated rings. The van der Waals surface area contributed by atoms with Crippen LogP contribution in [0.3, 0.4) is 0 Å². The number of hydrogen-bond donors (Lipinski definition) is 1. The number of carbonyl (C=O) groups excluding carboxylic acids is 1. The summed E-state index contributed by atoms with van der Waals surface area (Å²) in [5.41, 5.74) is 2.53. The minimum absolute atomic E-state index is 0.0791. The average molecular weight is 313 g/mol. The van der Waals surface area contributed by atoms with E-state index in [9.17, 15) is 4.79 Å². The van der Waals surface area contributed by atoms with E-state index in [1.807, 2.05) is 52.0 Å². The van der Waals surface area contributed by atoms with Gasteiger partial charge in [-0.05, 0) is 45.2 Å². The van der Waals surface area contributed by atoms with Gasteiger partial charge in [0, 0.05) is 16.8 Å². The van der Waals surface area contributed by atoms with Gasteiger partial charge in [0.05, 0.1) is 11.2 Å². The van der Waals surface area contributed by atoms with Crippen LogP contribution in [0.2, 0.25) is 0 Å². The Bertz CT molecular complexity index is 675. The molecule has 4 nitrogen and oxygen atoms in total. The van der Waals surface area contributed by atoms with Crippen molar-refractivity contribution in [1.82, 2.24) is 0 Å². The van der Waals surface area contributed by atoms with Gasteiger partial charge < -0.3 is 14.6 Å².